The molecule has 16 heavy (non-hydrogen) atoms. The predicted octanol–water partition coefficient (Wildman–Crippen LogP) is 4.66. The molecule has 0 atom stereocenters. The first-order valence-electron chi connectivity index (χ1n) is 4.97. The SMILES string of the molecule is Clc1ccc(NCCc2cccs2)c(I)c1. The maximum atomic E-state index is 5.90. The van der Waals surface area contributed by atoms with Crippen molar-refractivity contribution in [1.82, 2.24) is 0 Å². The molecule has 2 rings (SSSR count). The lowest BCUT2D eigenvalue weighted by atomic mass is 10.3. The maximum Gasteiger partial charge on any atom is 0.0477 e. The number of hydrogen-bond donors (Lipinski definition) is 1. The zero-order valence-corrected chi connectivity index (χ0v) is 12.3. The second-order valence-electron chi connectivity index (χ2n) is 3.38. The van der Waals surface area contributed by atoms with Crippen LogP contribution in [0, 0.1) is 3.57 Å². The van der Waals surface area contributed by atoms with E-state index in [0.29, 0.717) is 0 Å². The van der Waals surface area contributed by atoms with E-state index in [-0.39, 0.29) is 0 Å². The monoisotopic (exact) mass is 363 g/mol. The van der Waals surface area contributed by atoms with Gasteiger partial charge in [-0.3, -0.25) is 0 Å². The first-order valence-corrected chi connectivity index (χ1v) is 7.30. The van der Waals surface area contributed by atoms with Crippen LogP contribution >= 0.6 is 45.5 Å². The number of rotatable bonds is 4. The Kier molecular flexibility index (Phi) is 4.49. The summed E-state index contributed by atoms with van der Waals surface area (Å²) in [5, 5.41) is 6.32. The topological polar surface area (TPSA) is 12.0 Å². The van der Waals surface area contributed by atoms with Crippen LogP contribution in [-0.2, 0) is 6.42 Å². The van der Waals surface area contributed by atoms with Crippen molar-refractivity contribution in [2.45, 2.75) is 6.42 Å². The highest BCUT2D eigenvalue weighted by Gasteiger charge is 2.00. The van der Waals surface area contributed by atoms with E-state index in [9.17, 15) is 0 Å². The zero-order valence-electron chi connectivity index (χ0n) is 8.54. The summed E-state index contributed by atoms with van der Waals surface area (Å²) in [6, 6.07) is 10.2. The van der Waals surface area contributed by atoms with Crippen molar-refractivity contribution in [3.63, 3.8) is 0 Å². The van der Waals surface area contributed by atoms with Crippen LogP contribution in [-0.4, -0.2) is 6.54 Å². The standard InChI is InChI=1S/C12H11ClINS/c13-9-3-4-12(11(14)8-9)15-6-5-10-2-1-7-16-10/h1-4,7-8,15H,5-6H2. The van der Waals surface area contributed by atoms with Crippen LogP contribution in [0.4, 0.5) is 5.69 Å². The van der Waals surface area contributed by atoms with Gasteiger partial charge in [0.1, 0.15) is 0 Å². The molecule has 0 unspecified atom stereocenters. The molecule has 0 fully saturated rings. The predicted molar refractivity (Wildman–Crippen MR) is 80.7 cm³/mol. The van der Waals surface area contributed by atoms with E-state index in [0.717, 1.165) is 27.2 Å². The zero-order chi connectivity index (χ0) is 11.4. The van der Waals surface area contributed by atoms with Crippen molar-refractivity contribution >= 4 is 51.2 Å². The minimum absolute atomic E-state index is 0.785. The molecule has 1 heterocycles. The van der Waals surface area contributed by atoms with Gasteiger partial charge in [0, 0.05) is 25.7 Å². The Hall–Kier alpha value is -0.260. The van der Waals surface area contributed by atoms with Crippen LogP contribution in [0.5, 0.6) is 0 Å². The Balaban J connectivity index is 1.90. The van der Waals surface area contributed by atoms with E-state index >= 15 is 0 Å². The second-order valence-corrected chi connectivity index (χ2v) is 6.01. The molecule has 0 saturated heterocycles. The summed E-state index contributed by atoms with van der Waals surface area (Å²) in [6.45, 7) is 0.956. The van der Waals surface area contributed by atoms with Crippen LogP contribution < -0.4 is 5.32 Å². The molecule has 0 saturated carbocycles. The van der Waals surface area contributed by atoms with Crippen molar-refractivity contribution in [3.05, 3.63) is 49.2 Å². The fraction of sp³-hybridized carbons (Fsp3) is 0.167. The fourth-order valence-electron chi connectivity index (χ4n) is 1.41. The Morgan fingerprint density at radius 1 is 1.31 bits per heavy atom. The molecule has 1 N–H and O–H groups in total. The lowest BCUT2D eigenvalue weighted by Crippen LogP contribution is -2.04. The smallest absolute Gasteiger partial charge is 0.0477 e. The quantitative estimate of drug-likeness (QED) is 0.779. The third-order valence-electron chi connectivity index (χ3n) is 2.20. The van der Waals surface area contributed by atoms with Crippen molar-refractivity contribution in [1.29, 1.82) is 0 Å². The molecule has 4 heteroatoms. The number of thiophene rings is 1. The molecule has 2 aromatic rings. The summed E-state index contributed by atoms with van der Waals surface area (Å²) < 4.78 is 1.16. The minimum atomic E-state index is 0.785. The van der Waals surface area contributed by atoms with Gasteiger partial charge in [-0.15, -0.1) is 11.3 Å². The first-order chi connectivity index (χ1) is 7.75. The number of halogens is 2. The minimum Gasteiger partial charge on any atom is -0.384 e. The van der Waals surface area contributed by atoms with Crippen LogP contribution in [0.1, 0.15) is 4.88 Å². The van der Waals surface area contributed by atoms with E-state index in [1.165, 1.54) is 4.88 Å². The molecular weight excluding hydrogens is 353 g/mol. The Morgan fingerprint density at radius 2 is 2.19 bits per heavy atom. The van der Waals surface area contributed by atoms with Crippen molar-refractivity contribution in [2.75, 3.05) is 11.9 Å². The Labute approximate surface area is 118 Å². The molecule has 0 aliphatic heterocycles. The molecule has 0 radical (unpaired) electrons. The third-order valence-corrected chi connectivity index (χ3v) is 4.26. The van der Waals surface area contributed by atoms with E-state index in [1.54, 1.807) is 11.3 Å². The highest BCUT2D eigenvalue weighted by atomic mass is 127. The summed E-state index contributed by atoms with van der Waals surface area (Å²) >= 11 is 10.00. The molecule has 1 nitrogen and oxygen atoms in total. The van der Waals surface area contributed by atoms with E-state index in [2.05, 4.69) is 45.4 Å². The average Bonchev–Trinajstić information content (AvgIpc) is 2.74. The van der Waals surface area contributed by atoms with Crippen molar-refractivity contribution in [3.8, 4) is 0 Å². The second kappa shape index (κ2) is 5.89. The summed E-state index contributed by atoms with van der Waals surface area (Å²) in [7, 11) is 0. The van der Waals surface area contributed by atoms with Gasteiger partial charge in [0.2, 0.25) is 0 Å². The van der Waals surface area contributed by atoms with Crippen LogP contribution in [0.3, 0.4) is 0 Å². The van der Waals surface area contributed by atoms with Crippen LogP contribution in [0.2, 0.25) is 5.02 Å². The van der Waals surface area contributed by atoms with Gasteiger partial charge in [0.25, 0.3) is 0 Å². The lowest BCUT2D eigenvalue weighted by Gasteiger charge is -2.07. The lowest BCUT2D eigenvalue weighted by molar-refractivity contribution is 1.04. The summed E-state index contributed by atoms with van der Waals surface area (Å²) in [6.07, 6.45) is 1.07. The normalized spacial score (nSPS) is 10.4. The van der Waals surface area contributed by atoms with Gasteiger partial charge >= 0.3 is 0 Å². The summed E-state index contributed by atoms with van der Waals surface area (Å²) in [5.41, 5.74) is 1.15. The van der Waals surface area contributed by atoms with Gasteiger partial charge in [-0.2, -0.15) is 0 Å². The Bertz CT molecular complexity index is 456. The fourth-order valence-corrected chi connectivity index (χ4v) is 3.18. The first kappa shape index (κ1) is 12.2. The molecular formula is C12H11ClINS. The third kappa shape index (κ3) is 3.37. The van der Waals surface area contributed by atoms with E-state index in [4.69, 9.17) is 11.6 Å². The van der Waals surface area contributed by atoms with Gasteiger partial charge < -0.3 is 5.32 Å². The molecule has 0 amide bonds. The number of benzene rings is 1. The Morgan fingerprint density at radius 3 is 2.88 bits per heavy atom. The van der Waals surface area contributed by atoms with Gasteiger partial charge in [0.05, 0.1) is 0 Å². The number of nitrogens with one attached hydrogen (secondary N) is 1. The van der Waals surface area contributed by atoms with Crippen LogP contribution in [0.15, 0.2) is 35.7 Å². The number of hydrogen-bond acceptors (Lipinski definition) is 2. The highest BCUT2D eigenvalue weighted by molar-refractivity contribution is 14.1. The van der Waals surface area contributed by atoms with Crippen LogP contribution in [0.25, 0.3) is 0 Å². The van der Waals surface area contributed by atoms with Crippen molar-refractivity contribution in [2.24, 2.45) is 0 Å². The van der Waals surface area contributed by atoms with E-state index < -0.39 is 0 Å². The molecule has 0 spiro atoms. The molecule has 0 aliphatic carbocycles. The average molecular weight is 364 g/mol. The van der Waals surface area contributed by atoms with Gasteiger partial charge in [-0.05, 0) is 58.7 Å². The highest BCUT2D eigenvalue weighted by Crippen LogP contribution is 2.22. The molecule has 0 aliphatic rings. The molecule has 1 aromatic heterocycles. The maximum absolute atomic E-state index is 5.90. The van der Waals surface area contributed by atoms with Gasteiger partial charge in [-0.25, -0.2) is 0 Å². The van der Waals surface area contributed by atoms with Crippen molar-refractivity contribution < 1.29 is 0 Å². The van der Waals surface area contributed by atoms with Gasteiger partial charge in [-0.1, -0.05) is 17.7 Å². The van der Waals surface area contributed by atoms with Gasteiger partial charge in [0.15, 0.2) is 0 Å². The molecule has 1 aromatic carbocycles. The summed E-state index contributed by atoms with van der Waals surface area (Å²) in [4.78, 5) is 1.41. The number of anilines is 1. The largest absolute Gasteiger partial charge is 0.384 e. The van der Waals surface area contributed by atoms with E-state index in [1.807, 2.05) is 18.2 Å². The molecule has 0 bridgehead atoms. The summed E-state index contributed by atoms with van der Waals surface area (Å²) in [5.74, 6) is 0. The molecule has 84 valence electrons.